The van der Waals surface area contributed by atoms with Crippen molar-refractivity contribution in [2.24, 2.45) is 7.05 Å². The number of amides is 1. The van der Waals surface area contributed by atoms with E-state index in [1.807, 2.05) is 0 Å². The number of para-hydroxylation sites is 1. The molecule has 0 atom stereocenters. The minimum absolute atomic E-state index is 0.0543. The molecule has 3 aromatic rings. The van der Waals surface area contributed by atoms with Gasteiger partial charge in [0.2, 0.25) is 15.9 Å². The number of carbonyl (C=O) groups is 2. The third-order valence-electron chi connectivity index (χ3n) is 4.22. The second-order valence-corrected chi connectivity index (χ2v) is 9.38. The van der Waals surface area contributed by atoms with Crippen LogP contribution in [-0.2, 0) is 26.6 Å². The highest BCUT2D eigenvalue weighted by Gasteiger charge is 2.16. The zero-order valence-corrected chi connectivity index (χ0v) is 19.2. The summed E-state index contributed by atoms with van der Waals surface area (Å²) in [6, 6.07) is 13.3. The van der Waals surface area contributed by atoms with Crippen molar-refractivity contribution in [3.63, 3.8) is 0 Å². The molecule has 0 fully saturated rings. The van der Waals surface area contributed by atoms with Crippen LogP contribution in [0.3, 0.4) is 0 Å². The van der Waals surface area contributed by atoms with Gasteiger partial charge in [-0.05, 0) is 36.4 Å². The van der Waals surface area contributed by atoms with Crippen LogP contribution in [0.4, 0.5) is 11.4 Å². The maximum atomic E-state index is 12.4. The number of hydrogen-bond acceptors (Lipinski definition) is 8. The largest absolute Gasteiger partial charge is 0.465 e. The Morgan fingerprint density at radius 2 is 1.78 bits per heavy atom. The summed E-state index contributed by atoms with van der Waals surface area (Å²) < 4.78 is 31.5. The Hall–Kier alpha value is -3.38. The van der Waals surface area contributed by atoms with Crippen molar-refractivity contribution >= 4 is 45.0 Å². The molecule has 2 aromatic carbocycles. The zero-order chi connectivity index (χ0) is 23.3. The fraction of sp³-hybridized carbons (Fsp3) is 0.200. The standard InChI is InChI=1S/C20H21N5O5S2/c1-25-18(13-8-10-14(11-9-13)24-32(3,28)29)22-23-20(25)31-12-17(26)21-16-7-5-4-6-15(16)19(27)30-2/h4-11,24H,12H2,1-3H3,(H,21,26). The maximum absolute atomic E-state index is 12.4. The van der Waals surface area contributed by atoms with Crippen LogP contribution in [0, 0.1) is 0 Å². The first-order valence-electron chi connectivity index (χ1n) is 9.25. The summed E-state index contributed by atoms with van der Waals surface area (Å²) in [5.41, 5.74) is 1.81. The normalized spacial score (nSPS) is 11.1. The SMILES string of the molecule is COC(=O)c1ccccc1NC(=O)CSc1nnc(-c2ccc(NS(C)(=O)=O)cc2)n1C. The molecule has 0 bridgehead atoms. The highest BCUT2D eigenvalue weighted by molar-refractivity contribution is 7.99. The van der Waals surface area contributed by atoms with E-state index >= 15 is 0 Å². The third kappa shape index (κ3) is 5.86. The van der Waals surface area contributed by atoms with Gasteiger partial charge in [0.1, 0.15) is 0 Å². The first-order chi connectivity index (χ1) is 15.2. The van der Waals surface area contributed by atoms with Crippen molar-refractivity contribution in [3.8, 4) is 11.4 Å². The number of sulfonamides is 1. The third-order valence-corrected chi connectivity index (χ3v) is 5.85. The van der Waals surface area contributed by atoms with E-state index in [4.69, 9.17) is 4.74 Å². The Morgan fingerprint density at radius 1 is 1.09 bits per heavy atom. The van der Waals surface area contributed by atoms with E-state index in [0.29, 0.717) is 22.4 Å². The fourth-order valence-electron chi connectivity index (χ4n) is 2.79. The Balaban J connectivity index is 1.65. The van der Waals surface area contributed by atoms with Gasteiger partial charge in [-0.15, -0.1) is 10.2 Å². The molecule has 3 rings (SSSR count). The number of nitrogens with zero attached hydrogens (tertiary/aromatic N) is 3. The van der Waals surface area contributed by atoms with Crippen LogP contribution in [0.2, 0.25) is 0 Å². The van der Waals surface area contributed by atoms with Crippen LogP contribution in [0.1, 0.15) is 10.4 Å². The number of methoxy groups -OCH3 is 1. The lowest BCUT2D eigenvalue weighted by Crippen LogP contribution is -2.17. The van der Waals surface area contributed by atoms with Gasteiger partial charge in [0.05, 0.1) is 30.4 Å². The summed E-state index contributed by atoms with van der Waals surface area (Å²) in [7, 11) is -0.311. The topological polar surface area (TPSA) is 132 Å². The van der Waals surface area contributed by atoms with Crippen molar-refractivity contribution in [1.29, 1.82) is 0 Å². The van der Waals surface area contributed by atoms with Crippen LogP contribution in [0.25, 0.3) is 11.4 Å². The van der Waals surface area contributed by atoms with E-state index in [1.54, 1.807) is 60.1 Å². The molecule has 1 heterocycles. The quantitative estimate of drug-likeness (QED) is 0.375. The van der Waals surface area contributed by atoms with Crippen molar-refractivity contribution in [2.45, 2.75) is 5.16 Å². The molecule has 12 heteroatoms. The zero-order valence-electron chi connectivity index (χ0n) is 17.5. The molecule has 0 unspecified atom stereocenters. The Bertz CT molecular complexity index is 1240. The number of ether oxygens (including phenoxy) is 1. The number of hydrogen-bond donors (Lipinski definition) is 2. The Labute approximate surface area is 189 Å². The predicted molar refractivity (Wildman–Crippen MR) is 122 cm³/mol. The molecule has 168 valence electrons. The van der Waals surface area contributed by atoms with Gasteiger partial charge in [-0.2, -0.15) is 0 Å². The average Bonchev–Trinajstić information content (AvgIpc) is 3.12. The molecule has 2 N–H and O–H groups in total. The summed E-state index contributed by atoms with van der Waals surface area (Å²) in [5.74, 6) is -0.232. The molecule has 1 aromatic heterocycles. The van der Waals surface area contributed by atoms with Crippen molar-refractivity contribution in [3.05, 3.63) is 54.1 Å². The van der Waals surface area contributed by atoms with E-state index in [-0.39, 0.29) is 17.2 Å². The molecule has 0 aliphatic heterocycles. The number of esters is 1. The number of carbonyl (C=O) groups excluding carboxylic acids is 2. The highest BCUT2D eigenvalue weighted by Crippen LogP contribution is 2.24. The maximum Gasteiger partial charge on any atom is 0.339 e. The number of rotatable bonds is 8. The lowest BCUT2D eigenvalue weighted by molar-refractivity contribution is -0.113. The lowest BCUT2D eigenvalue weighted by Gasteiger charge is -2.09. The summed E-state index contributed by atoms with van der Waals surface area (Å²) >= 11 is 1.19. The van der Waals surface area contributed by atoms with Crippen LogP contribution < -0.4 is 10.0 Å². The van der Waals surface area contributed by atoms with E-state index < -0.39 is 16.0 Å². The number of anilines is 2. The van der Waals surface area contributed by atoms with Crippen LogP contribution in [0.15, 0.2) is 53.7 Å². The first kappa shape index (κ1) is 23.3. The molecule has 0 aliphatic carbocycles. The molecular formula is C20H21N5O5S2. The number of aromatic nitrogens is 3. The van der Waals surface area contributed by atoms with Crippen molar-refractivity contribution in [1.82, 2.24) is 14.8 Å². The lowest BCUT2D eigenvalue weighted by atomic mass is 10.2. The fourth-order valence-corrected chi connectivity index (χ4v) is 4.07. The van der Waals surface area contributed by atoms with Gasteiger partial charge in [-0.1, -0.05) is 23.9 Å². The van der Waals surface area contributed by atoms with Crippen LogP contribution in [0.5, 0.6) is 0 Å². The Kier molecular flexibility index (Phi) is 7.15. The van der Waals surface area contributed by atoms with Gasteiger partial charge >= 0.3 is 5.97 Å². The summed E-state index contributed by atoms with van der Waals surface area (Å²) in [6.07, 6.45) is 1.08. The second kappa shape index (κ2) is 9.83. The molecular weight excluding hydrogens is 454 g/mol. The molecule has 0 spiro atoms. The van der Waals surface area contributed by atoms with Crippen LogP contribution >= 0.6 is 11.8 Å². The van der Waals surface area contributed by atoms with Crippen molar-refractivity contribution < 1.29 is 22.7 Å². The van der Waals surface area contributed by atoms with Crippen LogP contribution in [-0.4, -0.2) is 54.2 Å². The number of nitrogens with one attached hydrogen (secondary N) is 2. The smallest absolute Gasteiger partial charge is 0.339 e. The van der Waals surface area contributed by atoms with Crippen molar-refractivity contribution in [2.75, 3.05) is 29.2 Å². The van der Waals surface area contributed by atoms with Gasteiger partial charge in [-0.3, -0.25) is 9.52 Å². The van der Waals surface area contributed by atoms with E-state index in [2.05, 4.69) is 20.2 Å². The number of thioether (sulfide) groups is 1. The van der Waals surface area contributed by atoms with E-state index in [9.17, 15) is 18.0 Å². The van der Waals surface area contributed by atoms with Gasteiger partial charge in [0, 0.05) is 18.3 Å². The minimum atomic E-state index is -3.36. The molecule has 10 nitrogen and oxygen atoms in total. The van der Waals surface area contributed by atoms with Gasteiger partial charge < -0.3 is 14.6 Å². The second-order valence-electron chi connectivity index (χ2n) is 6.69. The summed E-state index contributed by atoms with van der Waals surface area (Å²) in [5, 5.41) is 11.5. The van der Waals surface area contributed by atoms with E-state index in [0.717, 1.165) is 11.8 Å². The van der Waals surface area contributed by atoms with Gasteiger partial charge in [0.15, 0.2) is 11.0 Å². The molecule has 0 saturated heterocycles. The summed E-state index contributed by atoms with van der Waals surface area (Å²) in [4.78, 5) is 24.2. The van der Waals surface area contributed by atoms with E-state index in [1.165, 1.54) is 18.9 Å². The predicted octanol–water partition coefficient (Wildman–Crippen LogP) is 2.37. The molecule has 32 heavy (non-hydrogen) atoms. The summed E-state index contributed by atoms with van der Waals surface area (Å²) in [6.45, 7) is 0. The Morgan fingerprint density at radius 3 is 2.44 bits per heavy atom. The van der Waals surface area contributed by atoms with Gasteiger partial charge in [0.25, 0.3) is 0 Å². The monoisotopic (exact) mass is 475 g/mol. The minimum Gasteiger partial charge on any atom is -0.465 e. The van der Waals surface area contributed by atoms with Gasteiger partial charge in [-0.25, -0.2) is 13.2 Å². The molecule has 0 radical (unpaired) electrons. The molecule has 0 saturated carbocycles. The molecule has 0 aliphatic rings. The average molecular weight is 476 g/mol. The highest BCUT2D eigenvalue weighted by atomic mass is 32.2. The molecule has 1 amide bonds. The first-order valence-corrected chi connectivity index (χ1v) is 12.1. The number of benzene rings is 2.